The summed E-state index contributed by atoms with van der Waals surface area (Å²) in [7, 11) is 1.57. The Balaban J connectivity index is 1.98. The number of nitrogens with zero attached hydrogens (tertiary/aromatic N) is 2. The van der Waals surface area contributed by atoms with Gasteiger partial charge in [0.1, 0.15) is 16.8 Å². The molecule has 2 aromatic rings. The maximum atomic E-state index is 12.0. The SMILES string of the molecule is COc1cccc(NC(=O)CSc2nc(C)ccc2C#N)c1. The Bertz CT molecular complexity index is 726. The van der Waals surface area contributed by atoms with E-state index in [0.717, 1.165) is 5.69 Å². The molecule has 1 amide bonds. The molecule has 1 N–H and O–H groups in total. The molecule has 0 saturated heterocycles. The van der Waals surface area contributed by atoms with Crippen LogP contribution >= 0.6 is 11.8 Å². The van der Waals surface area contributed by atoms with Crippen molar-refractivity contribution in [2.75, 3.05) is 18.2 Å². The molecule has 1 heterocycles. The molecular formula is C16H15N3O2S. The van der Waals surface area contributed by atoms with Crippen molar-refractivity contribution in [3.05, 3.63) is 47.7 Å². The number of carbonyl (C=O) groups excluding carboxylic acids is 1. The molecule has 1 aromatic heterocycles. The minimum atomic E-state index is -0.162. The van der Waals surface area contributed by atoms with E-state index in [1.54, 1.807) is 43.5 Å². The van der Waals surface area contributed by atoms with Crippen LogP contribution in [0.15, 0.2) is 41.4 Å². The number of aromatic nitrogens is 1. The molecule has 112 valence electrons. The Kier molecular flexibility index (Phi) is 5.39. The normalized spacial score (nSPS) is 9.86. The first-order chi connectivity index (χ1) is 10.6. The second-order valence-electron chi connectivity index (χ2n) is 4.49. The average molecular weight is 313 g/mol. The highest BCUT2D eigenvalue weighted by molar-refractivity contribution is 8.00. The second kappa shape index (κ2) is 7.48. The van der Waals surface area contributed by atoms with Gasteiger partial charge in [0.15, 0.2) is 0 Å². The third kappa shape index (κ3) is 4.24. The van der Waals surface area contributed by atoms with Crippen LogP contribution in [0.2, 0.25) is 0 Å². The van der Waals surface area contributed by atoms with Gasteiger partial charge in [0.2, 0.25) is 5.91 Å². The number of hydrogen-bond donors (Lipinski definition) is 1. The standard InChI is InChI=1S/C16H15N3O2S/c1-11-6-7-12(9-17)16(18-11)22-10-15(20)19-13-4-3-5-14(8-13)21-2/h3-8H,10H2,1-2H3,(H,19,20). The number of methoxy groups -OCH3 is 1. The van der Waals surface area contributed by atoms with Gasteiger partial charge >= 0.3 is 0 Å². The van der Waals surface area contributed by atoms with E-state index >= 15 is 0 Å². The Morgan fingerprint density at radius 1 is 1.41 bits per heavy atom. The largest absolute Gasteiger partial charge is 0.497 e. The maximum Gasteiger partial charge on any atom is 0.234 e. The quantitative estimate of drug-likeness (QED) is 0.859. The van der Waals surface area contributed by atoms with Crippen LogP contribution in [0.3, 0.4) is 0 Å². The number of thioether (sulfide) groups is 1. The van der Waals surface area contributed by atoms with Gasteiger partial charge in [-0.1, -0.05) is 17.8 Å². The summed E-state index contributed by atoms with van der Waals surface area (Å²) in [5.41, 5.74) is 1.96. The van der Waals surface area contributed by atoms with Crippen LogP contribution in [-0.2, 0) is 4.79 Å². The summed E-state index contributed by atoms with van der Waals surface area (Å²) in [5.74, 6) is 0.700. The van der Waals surface area contributed by atoms with Crippen LogP contribution in [-0.4, -0.2) is 23.8 Å². The third-order valence-corrected chi connectivity index (χ3v) is 3.80. The summed E-state index contributed by atoms with van der Waals surface area (Å²) in [6.45, 7) is 1.85. The molecule has 0 aliphatic carbocycles. The zero-order chi connectivity index (χ0) is 15.9. The zero-order valence-electron chi connectivity index (χ0n) is 12.3. The van der Waals surface area contributed by atoms with E-state index in [1.807, 2.05) is 6.92 Å². The number of aryl methyl sites for hydroxylation is 1. The second-order valence-corrected chi connectivity index (χ2v) is 5.45. The molecule has 0 saturated carbocycles. The van der Waals surface area contributed by atoms with Crippen molar-refractivity contribution in [1.82, 2.24) is 4.98 Å². The van der Waals surface area contributed by atoms with Crippen LogP contribution < -0.4 is 10.1 Å². The van der Waals surface area contributed by atoms with Crippen molar-refractivity contribution in [1.29, 1.82) is 5.26 Å². The summed E-state index contributed by atoms with van der Waals surface area (Å²) in [6.07, 6.45) is 0. The number of anilines is 1. The fourth-order valence-corrected chi connectivity index (χ4v) is 2.58. The summed E-state index contributed by atoms with van der Waals surface area (Å²) >= 11 is 1.25. The summed E-state index contributed by atoms with van der Waals surface area (Å²) in [6, 6.07) is 12.7. The monoisotopic (exact) mass is 313 g/mol. The Morgan fingerprint density at radius 2 is 2.23 bits per heavy atom. The molecule has 0 aliphatic heterocycles. The van der Waals surface area contributed by atoms with Gasteiger partial charge in [-0.2, -0.15) is 5.26 Å². The van der Waals surface area contributed by atoms with E-state index in [2.05, 4.69) is 16.4 Å². The topological polar surface area (TPSA) is 75.0 Å². The van der Waals surface area contributed by atoms with Gasteiger partial charge < -0.3 is 10.1 Å². The molecule has 0 radical (unpaired) electrons. The van der Waals surface area contributed by atoms with E-state index < -0.39 is 0 Å². The van der Waals surface area contributed by atoms with Gasteiger partial charge in [0.05, 0.1) is 18.4 Å². The number of nitrogens with one attached hydrogen (secondary N) is 1. The molecule has 0 unspecified atom stereocenters. The van der Waals surface area contributed by atoms with Crippen LogP contribution in [0.5, 0.6) is 5.75 Å². The molecule has 5 nitrogen and oxygen atoms in total. The maximum absolute atomic E-state index is 12.0. The van der Waals surface area contributed by atoms with E-state index in [-0.39, 0.29) is 11.7 Å². The van der Waals surface area contributed by atoms with Crippen LogP contribution in [0, 0.1) is 18.3 Å². The zero-order valence-corrected chi connectivity index (χ0v) is 13.1. The van der Waals surface area contributed by atoms with Crippen molar-refractivity contribution in [3.63, 3.8) is 0 Å². The summed E-state index contributed by atoms with van der Waals surface area (Å²) in [5, 5.41) is 12.4. The average Bonchev–Trinajstić information content (AvgIpc) is 2.53. The van der Waals surface area contributed by atoms with Gasteiger partial charge in [0.25, 0.3) is 0 Å². The molecule has 0 bridgehead atoms. The fraction of sp³-hybridized carbons (Fsp3) is 0.188. The number of carbonyl (C=O) groups is 1. The van der Waals surface area contributed by atoms with Crippen molar-refractivity contribution in [2.24, 2.45) is 0 Å². The lowest BCUT2D eigenvalue weighted by molar-refractivity contribution is -0.113. The van der Waals surface area contributed by atoms with Gasteiger partial charge in [-0.15, -0.1) is 0 Å². The van der Waals surface area contributed by atoms with Crippen LogP contribution in [0.25, 0.3) is 0 Å². The van der Waals surface area contributed by atoms with E-state index in [0.29, 0.717) is 22.0 Å². The molecule has 1 aromatic carbocycles. The predicted molar refractivity (Wildman–Crippen MR) is 86.0 cm³/mol. The van der Waals surface area contributed by atoms with Crippen molar-refractivity contribution >= 4 is 23.4 Å². The van der Waals surface area contributed by atoms with E-state index in [9.17, 15) is 4.79 Å². The third-order valence-electron chi connectivity index (χ3n) is 2.81. The lowest BCUT2D eigenvalue weighted by Gasteiger charge is -2.07. The summed E-state index contributed by atoms with van der Waals surface area (Å²) in [4.78, 5) is 16.3. The first-order valence-corrected chi connectivity index (χ1v) is 7.55. The molecule has 0 spiro atoms. The molecule has 0 atom stereocenters. The van der Waals surface area contributed by atoms with Gasteiger partial charge in [-0.05, 0) is 31.2 Å². The summed E-state index contributed by atoms with van der Waals surface area (Å²) < 4.78 is 5.11. The highest BCUT2D eigenvalue weighted by Gasteiger charge is 2.09. The molecule has 0 fully saturated rings. The fourth-order valence-electron chi connectivity index (χ4n) is 1.76. The molecule has 2 rings (SSSR count). The van der Waals surface area contributed by atoms with Crippen LogP contribution in [0.4, 0.5) is 5.69 Å². The number of ether oxygens (including phenoxy) is 1. The lowest BCUT2D eigenvalue weighted by atomic mass is 10.3. The van der Waals surface area contributed by atoms with Crippen LogP contribution in [0.1, 0.15) is 11.3 Å². The number of hydrogen-bond acceptors (Lipinski definition) is 5. The molecule has 22 heavy (non-hydrogen) atoms. The van der Waals surface area contributed by atoms with E-state index in [1.165, 1.54) is 11.8 Å². The Morgan fingerprint density at radius 3 is 2.95 bits per heavy atom. The van der Waals surface area contributed by atoms with E-state index in [4.69, 9.17) is 10.00 Å². The number of nitriles is 1. The minimum absolute atomic E-state index is 0.162. The predicted octanol–water partition coefficient (Wildman–Crippen LogP) is 3.00. The highest BCUT2D eigenvalue weighted by atomic mass is 32.2. The van der Waals surface area contributed by atoms with Crippen molar-refractivity contribution in [3.8, 4) is 11.8 Å². The first kappa shape index (κ1) is 15.9. The van der Waals surface area contributed by atoms with Gasteiger partial charge in [-0.3, -0.25) is 4.79 Å². The first-order valence-electron chi connectivity index (χ1n) is 6.57. The van der Waals surface area contributed by atoms with Crippen molar-refractivity contribution in [2.45, 2.75) is 11.9 Å². The van der Waals surface area contributed by atoms with Gasteiger partial charge in [0, 0.05) is 17.4 Å². The smallest absolute Gasteiger partial charge is 0.234 e. The Labute approximate surface area is 133 Å². The molecular weight excluding hydrogens is 298 g/mol. The number of pyridine rings is 1. The number of rotatable bonds is 5. The highest BCUT2D eigenvalue weighted by Crippen LogP contribution is 2.21. The van der Waals surface area contributed by atoms with Gasteiger partial charge in [-0.25, -0.2) is 4.98 Å². The van der Waals surface area contributed by atoms with Crippen molar-refractivity contribution < 1.29 is 9.53 Å². The lowest BCUT2D eigenvalue weighted by Crippen LogP contribution is -2.14. The number of benzene rings is 1. The Hall–Kier alpha value is -2.52. The molecule has 6 heteroatoms. The number of amides is 1. The minimum Gasteiger partial charge on any atom is -0.497 e. The molecule has 0 aliphatic rings.